The Morgan fingerprint density at radius 3 is 2.90 bits per heavy atom. The number of likely N-dealkylation sites (tertiary alicyclic amines) is 1. The zero-order chi connectivity index (χ0) is 20.5. The summed E-state index contributed by atoms with van der Waals surface area (Å²) in [6.45, 7) is 7.04. The lowest BCUT2D eigenvalue weighted by Gasteiger charge is -2.56. The van der Waals surface area contributed by atoms with Crippen LogP contribution >= 0.6 is 0 Å². The van der Waals surface area contributed by atoms with Crippen molar-refractivity contribution in [2.45, 2.75) is 57.5 Å². The minimum Gasteiger partial charge on any atom is -0.395 e. The summed E-state index contributed by atoms with van der Waals surface area (Å²) in [7, 11) is 0. The van der Waals surface area contributed by atoms with E-state index in [0.29, 0.717) is 31.3 Å². The molecule has 3 aliphatic heterocycles. The van der Waals surface area contributed by atoms with Gasteiger partial charge < -0.3 is 24.7 Å². The molecular weight excluding hydrogens is 372 g/mol. The van der Waals surface area contributed by atoms with Gasteiger partial charge >= 0.3 is 0 Å². The molecule has 2 N–H and O–H groups in total. The van der Waals surface area contributed by atoms with Crippen LogP contribution in [-0.2, 0) is 4.79 Å². The van der Waals surface area contributed by atoms with Gasteiger partial charge in [0.25, 0.3) is 5.91 Å². The monoisotopic (exact) mass is 404 g/mol. The molecule has 0 aromatic carbocycles. The molecule has 4 rings (SSSR count). The number of aromatic nitrogens is 1. The Balaban J connectivity index is 1.48. The largest absolute Gasteiger partial charge is 0.395 e. The molecular formula is C21H32N4O4. The second kappa shape index (κ2) is 8.44. The number of amides is 2. The van der Waals surface area contributed by atoms with Gasteiger partial charge in [0, 0.05) is 44.7 Å². The first kappa shape index (κ1) is 20.3. The predicted octanol–water partition coefficient (Wildman–Crippen LogP) is 1.22. The van der Waals surface area contributed by atoms with Crippen LogP contribution in [0.3, 0.4) is 0 Å². The van der Waals surface area contributed by atoms with Gasteiger partial charge in [-0.1, -0.05) is 19.0 Å². The quantitative estimate of drug-likeness (QED) is 0.740. The summed E-state index contributed by atoms with van der Waals surface area (Å²) in [6.07, 6.45) is 3.65. The van der Waals surface area contributed by atoms with Crippen molar-refractivity contribution in [3.63, 3.8) is 0 Å². The molecule has 8 heteroatoms. The highest BCUT2D eigenvalue weighted by Gasteiger charge is 2.49. The summed E-state index contributed by atoms with van der Waals surface area (Å²) < 4.78 is 5.21. The van der Waals surface area contributed by atoms with Gasteiger partial charge in [0.1, 0.15) is 0 Å². The molecule has 0 spiro atoms. The Morgan fingerprint density at radius 1 is 1.38 bits per heavy atom. The van der Waals surface area contributed by atoms with E-state index in [9.17, 15) is 14.7 Å². The van der Waals surface area contributed by atoms with Gasteiger partial charge in [0.2, 0.25) is 11.7 Å². The number of aliphatic hydroxyl groups is 1. The topological polar surface area (TPSA) is 98.9 Å². The maximum atomic E-state index is 12.8. The van der Waals surface area contributed by atoms with Crippen molar-refractivity contribution in [2.75, 3.05) is 32.8 Å². The molecule has 8 nitrogen and oxygen atoms in total. The lowest BCUT2D eigenvalue weighted by molar-refractivity contribution is -0.152. The summed E-state index contributed by atoms with van der Waals surface area (Å²) in [6, 6.07) is 1.92. The average molecular weight is 405 g/mol. The summed E-state index contributed by atoms with van der Waals surface area (Å²) >= 11 is 0. The van der Waals surface area contributed by atoms with Crippen LogP contribution in [0.4, 0.5) is 0 Å². The number of carbonyl (C=O) groups is 2. The van der Waals surface area contributed by atoms with Crippen molar-refractivity contribution in [3.05, 3.63) is 17.5 Å². The Bertz CT molecular complexity index is 747. The molecule has 1 aromatic rings. The van der Waals surface area contributed by atoms with Crippen molar-refractivity contribution in [3.8, 4) is 0 Å². The average Bonchev–Trinajstić information content (AvgIpc) is 3.19. The molecule has 4 heterocycles. The number of piperidine rings is 3. The van der Waals surface area contributed by atoms with Crippen LogP contribution in [0.15, 0.2) is 10.6 Å². The molecule has 3 aliphatic rings. The molecule has 3 fully saturated rings. The predicted molar refractivity (Wildman–Crippen MR) is 106 cm³/mol. The lowest BCUT2D eigenvalue weighted by atomic mass is 9.72. The Hall–Kier alpha value is -1.93. The number of hydrogen-bond acceptors (Lipinski definition) is 6. The first-order chi connectivity index (χ1) is 14.0. The summed E-state index contributed by atoms with van der Waals surface area (Å²) in [5, 5.41) is 16.3. The second-order valence-corrected chi connectivity index (χ2v) is 9.05. The van der Waals surface area contributed by atoms with E-state index < -0.39 is 0 Å². The molecule has 2 amide bonds. The molecule has 3 saturated heterocycles. The molecule has 0 aliphatic carbocycles. The molecule has 2 bridgehead atoms. The van der Waals surface area contributed by atoms with Gasteiger partial charge in [0.05, 0.1) is 18.3 Å². The van der Waals surface area contributed by atoms with E-state index in [4.69, 9.17) is 4.52 Å². The first-order valence-corrected chi connectivity index (χ1v) is 10.9. The van der Waals surface area contributed by atoms with E-state index in [2.05, 4.69) is 20.3 Å². The number of β-amino-alcohol motifs (C(OH)–C–C–N with tert-alkyl or cyclic N) is 1. The standard InChI is InChI=1S/C21H32N4O4/c1-13(2)16-9-19(29-23-16)21(28)22-10-18-15-8-14(11-24(12-15)6-7-26)17-4-3-5-20(27)25(17)18/h9,13-15,17-18,26H,3-8,10-12H2,1-2H3,(H,22,28)/t14-,15+,17+,18+/m1/s1. The molecule has 0 saturated carbocycles. The van der Waals surface area contributed by atoms with Gasteiger partial charge in [-0.3, -0.25) is 9.59 Å². The van der Waals surface area contributed by atoms with Gasteiger partial charge in [-0.05, 0) is 37.0 Å². The summed E-state index contributed by atoms with van der Waals surface area (Å²) in [5.74, 6) is 1.11. The number of nitrogens with zero attached hydrogens (tertiary/aromatic N) is 3. The van der Waals surface area contributed by atoms with Crippen LogP contribution in [0.2, 0.25) is 0 Å². The van der Waals surface area contributed by atoms with Crippen molar-refractivity contribution < 1.29 is 19.2 Å². The van der Waals surface area contributed by atoms with Crippen LogP contribution in [0.1, 0.15) is 61.7 Å². The maximum absolute atomic E-state index is 12.8. The summed E-state index contributed by atoms with van der Waals surface area (Å²) in [5.41, 5.74) is 0.758. The Morgan fingerprint density at radius 2 is 2.17 bits per heavy atom. The molecule has 0 radical (unpaired) electrons. The zero-order valence-electron chi connectivity index (χ0n) is 17.3. The van der Waals surface area contributed by atoms with Gasteiger partial charge in [0.15, 0.2) is 0 Å². The number of aliphatic hydroxyl groups excluding tert-OH is 1. The minimum atomic E-state index is -0.282. The molecule has 1 aromatic heterocycles. The zero-order valence-corrected chi connectivity index (χ0v) is 17.3. The van der Waals surface area contributed by atoms with Gasteiger partial charge in [-0.15, -0.1) is 0 Å². The number of fused-ring (bicyclic) bond motifs is 4. The lowest BCUT2D eigenvalue weighted by Crippen LogP contribution is -2.67. The number of rotatable bonds is 6. The van der Waals surface area contributed by atoms with E-state index in [-0.39, 0.29) is 42.2 Å². The van der Waals surface area contributed by atoms with Crippen LogP contribution in [0.5, 0.6) is 0 Å². The maximum Gasteiger partial charge on any atom is 0.289 e. The van der Waals surface area contributed by atoms with E-state index in [0.717, 1.165) is 38.0 Å². The van der Waals surface area contributed by atoms with E-state index in [1.807, 2.05) is 13.8 Å². The van der Waals surface area contributed by atoms with E-state index >= 15 is 0 Å². The highest BCUT2D eigenvalue weighted by atomic mass is 16.5. The van der Waals surface area contributed by atoms with Crippen LogP contribution < -0.4 is 5.32 Å². The van der Waals surface area contributed by atoms with Gasteiger partial charge in [-0.25, -0.2) is 0 Å². The third kappa shape index (κ3) is 4.05. The smallest absolute Gasteiger partial charge is 0.289 e. The molecule has 0 unspecified atom stereocenters. The van der Waals surface area contributed by atoms with E-state index in [1.165, 1.54) is 0 Å². The molecule has 4 atom stereocenters. The number of hydrogen-bond donors (Lipinski definition) is 2. The highest BCUT2D eigenvalue weighted by molar-refractivity contribution is 5.91. The normalized spacial score (nSPS) is 29.8. The van der Waals surface area contributed by atoms with Crippen molar-refractivity contribution in [1.29, 1.82) is 0 Å². The van der Waals surface area contributed by atoms with Crippen molar-refractivity contribution >= 4 is 11.8 Å². The second-order valence-electron chi connectivity index (χ2n) is 9.05. The van der Waals surface area contributed by atoms with Gasteiger partial charge in [-0.2, -0.15) is 0 Å². The SMILES string of the molecule is CC(C)c1cc(C(=O)NC[C@H]2[C@H]3C[C@H](CN(CCO)C3)[C@@H]3CCCC(=O)N32)on1. The molecule has 29 heavy (non-hydrogen) atoms. The number of carbonyl (C=O) groups excluding carboxylic acids is 2. The highest BCUT2D eigenvalue weighted by Crippen LogP contribution is 2.41. The molecule has 160 valence electrons. The number of nitrogens with one attached hydrogen (secondary N) is 1. The summed E-state index contributed by atoms with van der Waals surface area (Å²) in [4.78, 5) is 29.8. The third-order valence-electron chi connectivity index (χ3n) is 6.80. The fourth-order valence-electron chi connectivity index (χ4n) is 5.41. The fraction of sp³-hybridized carbons (Fsp3) is 0.762. The van der Waals surface area contributed by atoms with Crippen LogP contribution in [0, 0.1) is 11.8 Å². The Labute approximate surface area is 171 Å². The van der Waals surface area contributed by atoms with Crippen molar-refractivity contribution in [2.24, 2.45) is 11.8 Å². The fourth-order valence-corrected chi connectivity index (χ4v) is 5.41. The van der Waals surface area contributed by atoms with Crippen LogP contribution in [0.25, 0.3) is 0 Å². The van der Waals surface area contributed by atoms with E-state index in [1.54, 1.807) is 6.07 Å². The first-order valence-electron chi connectivity index (χ1n) is 10.9. The third-order valence-corrected chi connectivity index (χ3v) is 6.80. The van der Waals surface area contributed by atoms with Crippen LogP contribution in [-0.4, -0.2) is 76.7 Å². The Kier molecular flexibility index (Phi) is 5.92. The van der Waals surface area contributed by atoms with Crippen molar-refractivity contribution in [1.82, 2.24) is 20.3 Å². The minimum absolute atomic E-state index is 0.0121.